The summed E-state index contributed by atoms with van der Waals surface area (Å²) in [7, 11) is 0. The van der Waals surface area contributed by atoms with Gasteiger partial charge in [0.1, 0.15) is 17.5 Å². The predicted octanol–water partition coefficient (Wildman–Crippen LogP) is 2.59. The van der Waals surface area contributed by atoms with Crippen LogP contribution in [-0.4, -0.2) is 60.8 Å². The highest BCUT2D eigenvalue weighted by atomic mass is 19.1. The van der Waals surface area contributed by atoms with Crippen molar-refractivity contribution in [3.63, 3.8) is 0 Å². The summed E-state index contributed by atoms with van der Waals surface area (Å²) in [5.74, 6) is -0.345. The summed E-state index contributed by atoms with van der Waals surface area (Å²) in [4.78, 5) is 31.5. The Balaban J connectivity index is 1.43. The highest BCUT2D eigenvalue weighted by Crippen LogP contribution is 2.38. The molecule has 172 valence electrons. The van der Waals surface area contributed by atoms with Gasteiger partial charge in [0.2, 0.25) is 0 Å². The molecule has 2 N–H and O–H groups in total. The molecule has 1 aromatic carbocycles. The van der Waals surface area contributed by atoms with Crippen molar-refractivity contribution in [2.75, 3.05) is 11.9 Å². The zero-order valence-electron chi connectivity index (χ0n) is 18.3. The first-order valence-electron chi connectivity index (χ1n) is 10.8. The number of aromatic nitrogens is 3. The van der Waals surface area contributed by atoms with Gasteiger partial charge in [-0.3, -0.25) is 9.59 Å². The summed E-state index contributed by atoms with van der Waals surface area (Å²) in [6, 6.07) is 5.02. The number of alkyl halides is 1. The van der Waals surface area contributed by atoms with Crippen LogP contribution in [0.5, 0.6) is 5.75 Å². The van der Waals surface area contributed by atoms with Gasteiger partial charge < -0.3 is 20.1 Å². The summed E-state index contributed by atoms with van der Waals surface area (Å²) in [6.45, 7) is 2.69. The van der Waals surface area contributed by atoms with Gasteiger partial charge in [-0.1, -0.05) is 0 Å². The average Bonchev–Trinajstić information content (AvgIpc) is 3.39. The van der Waals surface area contributed by atoms with E-state index in [2.05, 4.69) is 15.4 Å². The second-order valence-electron chi connectivity index (χ2n) is 9.03. The Bertz CT molecular complexity index is 1250. The molecule has 1 fully saturated rings. The van der Waals surface area contributed by atoms with Crippen LogP contribution >= 0.6 is 0 Å². The molecule has 1 saturated carbocycles. The Morgan fingerprint density at radius 2 is 2.18 bits per heavy atom. The molecule has 3 heterocycles. The number of nitrogens with zero attached hydrogens (tertiary/aromatic N) is 4. The number of hydrogen-bond acceptors (Lipinski definition) is 6. The smallest absolute Gasteiger partial charge is 0.261 e. The monoisotopic (exact) mass is 453 g/mol. The molecular formula is C23H24FN5O4. The topological polar surface area (TPSA) is 109 Å². The number of nitrogens with one attached hydrogen (secondary N) is 1. The number of aliphatic hydroxyl groups is 1. The number of anilines is 1. The minimum atomic E-state index is -1.60. The number of benzene rings is 1. The van der Waals surface area contributed by atoms with Gasteiger partial charge in [0.05, 0.1) is 30.1 Å². The van der Waals surface area contributed by atoms with Gasteiger partial charge in [-0.25, -0.2) is 13.9 Å². The molecule has 0 saturated heterocycles. The van der Waals surface area contributed by atoms with Crippen molar-refractivity contribution in [1.82, 2.24) is 19.5 Å². The summed E-state index contributed by atoms with van der Waals surface area (Å²) in [5, 5.41) is 16.9. The van der Waals surface area contributed by atoms with Gasteiger partial charge in [0.15, 0.2) is 5.65 Å². The molecule has 0 radical (unpaired) electrons. The van der Waals surface area contributed by atoms with Crippen LogP contribution in [0.4, 0.5) is 10.1 Å². The highest BCUT2D eigenvalue weighted by molar-refractivity contribution is 6.09. The third-order valence-electron chi connectivity index (χ3n) is 5.82. The fourth-order valence-electron chi connectivity index (χ4n) is 3.70. The van der Waals surface area contributed by atoms with E-state index in [-0.39, 0.29) is 25.1 Å². The van der Waals surface area contributed by atoms with Crippen molar-refractivity contribution in [2.45, 2.75) is 51.1 Å². The number of hydrogen-bond donors (Lipinski definition) is 2. The number of rotatable bonds is 7. The maximum absolute atomic E-state index is 14.4. The Morgan fingerprint density at radius 1 is 1.39 bits per heavy atom. The van der Waals surface area contributed by atoms with Crippen molar-refractivity contribution in [3.8, 4) is 5.75 Å². The average molecular weight is 453 g/mol. The number of fused-ring (bicyclic) bond motifs is 2. The molecule has 2 aliphatic rings. The summed E-state index contributed by atoms with van der Waals surface area (Å²) in [5.41, 5.74) is 0.648. The number of ether oxygens (including phenoxy) is 1. The van der Waals surface area contributed by atoms with Crippen LogP contribution < -0.4 is 10.1 Å². The number of carbonyl (C=O) groups excluding carboxylic acids is 2. The molecular weight excluding hydrogens is 429 g/mol. The third-order valence-corrected chi connectivity index (χ3v) is 5.82. The lowest BCUT2D eigenvalue weighted by atomic mass is 10.0. The molecule has 1 aliphatic heterocycles. The Hall–Kier alpha value is -3.53. The molecule has 10 heteroatoms. The molecule has 5 rings (SSSR count). The molecule has 0 unspecified atom stereocenters. The van der Waals surface area contributed by atoms with Crippen LogP contribution in [0, 0.1) is 0 Å². The van der Waals surface area contributed by atoms with Crippen LogP contribution in [0.25, 0.3) is 5.65 Å². The molecule has 2 aromatic heterocycles. The van der Waals surface area contributed by atoms with Crippen molar-refractivity contribution < 1.29 is 23.8 Å². The maximum atomic E-state index is 14.4. The van der Waals surface area contributed by atoms with E-state index in [0.717, 1.165) is 12.8 Å². The predicted molar refractivity (Wildman–Crippen MR) is 117 cm³/mol. The standard InChI is InChI=1S/C23H24FN5O4/c1-23(2,32)19(24)12-28-11-13-8-17(18(33-14-4-5-14)9-15(13)22(28)31)27-21(30)16-10-26-29-7-3-6-25-20(16)29/h3,6-10,14,19,32H,4-5,11-12H2,1-2H3,(H,27,30)/t19-/m1/s1. The van der Waals surface area contributed by atoms with Gasteiger partial charge in [-0.15, -0.1) is 0 Å². The van der Waals surface area contributed by atoms with Crippen LogP contribution in [0.1, 0.15) is 53.0 Å². The first-order chi connectivity index (χ1) is 15.7. The lowest BCUT2D eigenvalue weighted by molar-refractivity contribution is -0.0159. The van der Waals surface area contributed by atoms with Gasteiger partial charge in [-0.05, 0) is 50.5 Å². The van der Waals surface area contributed by atoms with Crippen molar-refractivity contribution >= 4 is 23.1 Å². The molecule has 1 atom stereocenters. The second kappa shape index (κ2) is 7.80. The molecule has 33 heavy (non-hydrogen) atoms. The van der Waals surface area contributed by atoms with E-state index in [1.165, 1.54) is 29.5 Å². The maximum Gasteiger partial charge on any atom is 0.261 e. The molecule has 3 aromatic rings. The normalized spacial score (nSPS) is 16.7. The second-order valence-corrected chi connectivity index (χ2v) is 9.03. The largest absolute Gasteiger partial charge is 0.488 e. The van der Waals surface area contributed by atoms with Crippen LogP contribution in [0.15, 0.2) is 36.8 Å². The van der Waals surface area contributed by atoms with Gasteiger partial charge >= 0.3 is 0 Å². The zero-order valence-corrected chi connectivity index (χ0v) is 18.3. The minimum absolute atomic E-state index is 0.0374. The number of carbonyl (C=O) groups is 2. The first-order valence-corrected chi connectivity index (χ1v) is 10.8. The van der Waals surface area contributed by atoms with Crippen LogP contribution in [-0.2, 0) is 6.54 Å². The van der Waals surface area contributed by atoms with E-state index >= 15 is 0 Å². The highest BCUT2D eigenvalue weighted by Gasteiger charge is 2.36. The zero-order chi connectivity index (χ0) is 23.3. The van der Waals surface area contributed by atoms with Crippen LogP contribution in [0.3, 0.4) is 0 Å². The molecule has 1 aliphatic carbocycles. The van der Waals surface area contributed by atoms with Crippen molar-refractivity contribution in [1.29, 1.82) is 0 Å². The van der Waals surface area contributed by atoms with Gasteiger partial charge in [0.25, 0.3) is 11.8 Å². The van der Waals surface area contributed by atoms with Crippen molar-refractivity contribution in [2.24, 2.45) is 0 Å². The molecule has 2 amide bonds. The third kappa shape index (κ3) is 4.13. The quantitative estimate of drug-likeness (QED) is 0.569. The number of amides is 2. The Morgan fingerprint density at radius 3 is 2.91 bits per heavy atom. The summed E-state index contributed by atoms with van der Waals surface area (Å²) < 4.78 is 21.9. The number of halogens is 1. The fraction of sp³-hybridized carbons (Fsp3) is 0.391. The molecule has 9 nitrogen and oxygen atoms in total. The minimum Gasteiger partial charge on any atom is -0.488 e. The van der Waals surface area contributed by atoms with E-state index < -0.39 is 17.7 Å². The Kier molecular flexibility index (Phi) is 5.04. The van der Waals surface area contributed by atoms with Crippen molar-refractivity contribution in [3.05, 3.63) is 53.5 Å². The van der Waals surface area contributed by atoms with E-state index in [1.807, 2.05) is 0 Å². The SMILES string of the molecule is CC(C)(O)[C@H](F)CN1Cc2cc(NC(=O)c3cnn4cccnc34)c(OC3CC3)cc2C1=O. The lowest BCUT2D eigenvalue weighted by Gasteiger charge is -2.26. The van der Waals surface area contributed by atoms with E-state index in [9.17, 15) is 19.1 Å². The van der Waals surface area contributed by atoms with Gasteiger partial charge in [-0.2, -0.15) is 5.10 Å². The summed E-state index contributed by atoms with van der Waals surface area (Å²) >= 11 is 0. The summed E-state index contributed by atoms with van der Waals surface area (Å²) in [6.07, 6.45) is 4.96. The van der Waals surface area contributed by atoms with E-state index in [4.69, 9.17) is 4.74 Å². The Labute approximate surface area is 189 Å². The van der Waals surface area contributed by atoms with E-state index in [1.54, 1.807) is 30.6 Å². The van der Waals surface area contributed by atoms with E-state index in [0.29, 0.717) is 33.8 Å². The molecule has 0 bridgehead atoms. The van der Waals surface area contributed by atoms with Crippen LogP contribution in [0.2, 0.25) is 0 Å². The van der Waals surface area contributed by atoms with Gasteiger partial charge in [0, 0.05) is 24.5 Å². The first kappa shape index (κ1) is 21.3. The molecule has 0 spiro atoms. The lowest BCUT2D eigenvalue weighted by Crippen LogP contribution is -2.42. The fourth-order valence-corrected chi connectivity index (χ4v) is 3.70.